The maximum atomic E-state index is 13.0. The number of hydrogen-bond donors (Lipinski definition) is 4. The van der Waals surface area contributed by atoms with E-state index in [1.807, 2.05) is 0 Å². The molecule has 3 atom stereocenters. The molecule has 4 heterocycles. The van der Waals surface area contributed by atoms with Crippen LogP contribution in [-0.2, 0) is 14.4 Å². The number of thioether (sulfide) groups is 3. The number of hydrogen-bond acceptors (Lipinski definition) is 13. The van der Waals surface area contributed by atoms with E-state index in [1.165, 1.54) is 54.1 Å². The first-order chi connectivity index (χ1) is 17.3. The summed E-state index contributed by atoms with van der Waals surface area (Å²) in [6, 6.07) is 1.90. The average molecular weight is 549 g/mol. The molecule has 2 aliphatic rings. The Labute approximate surface area is 217 Å². The zero-order chi connectivity index (χ0) is 25.8. The predicted molar refractivity (Wildman–Crippen MR) is 135 cm³/mol. The number of nitrogens with two attached hydrogens (primary N) is 2. The van der Waals surface area contributed by atoms with Crippen LogP contribution in [0.2, 0.25) is 0 Å². The lowest BCUT2D eigenvalue weighted by atomic mass is 10.0. The Hall–Kier alpha value is -3.21. The van der Waals surface area contributed by atoms with E-state index in [0.29, 0.717) is 27.3 Å². The average Bonchev–Trinajstić information content (AvgIpc) is 2.86. The van der Waals surface area contributed by atoms with Crippen molar-refractivity contribution in [3.63, 3.8) is 0 Å². The number of nitrogens with zero attached hydrogens (tertiary/aromatic N) is 5. The van der Waals surface area contributed by atoms with Crippen molar-refractivity contribution in [1.29, 1.82) is 0 Å². The number of rotatable bonds is 10. The van der Waals surface area contributed by atoms with Crippen LogP contribution in [0.15, 0.2) is 56.4 Å². The lowest BCUT2D eigenvalue weighted by Gasteiger charge is -2.49. The van der Waals surface area contributed by atoms with Gasteiger partial charge in [0.2, 0.25) is 6.04 Å². The van der Waals surface area contributed by atoms with Gasteiger partial charge >= 0.3 is 5.97 Å². The van der Waals surface area contributed by atoms with Crippen LogP contribution >= 0.6 is 35.3 Å². The van der Waals surface area contributed by atoms with E-state index in [-0.39, 0.29) is 23.0 Å². The Kier molecular flexibility index (Phi) is 8.07. The van der Waals surface area contributed by atoms with Crippen molar-refractivity contribution in [2.75, 3.05) is 23.8 Å². The molecule has 2 amide bonds. The third kappa shape index (κ3) is 5.16. The number of carboxylic acids is 1. The fourth-order valence-corrected chi connectivity index (χ4v) is 6.84. The molecular formula is C20H20N8O5S3. The van der Waals surface area contributed by atoms with Crippen LogP contribution in [0.5, 0.6) is 0 Å². The smallest absolute Gasteiger partial charge is 0.353 e. The number of amides is 2. The van der Waals surface area contributed by atoms with E-state index in [1.54, 1.807) is 0 Å². The van der Waals surface area contributed by atoms with Gasteiger partial charge in [0.15, 0.2) is 0 Å². The third-order valence-corrected chi connectivity index (χ3v) is 8.75. The van der Waals surface area contributed by atoms with E-state index in [4.69, 9.17) is 11.5 Å². The van der Waals surface area contributed by atoms with E-state index < -0.39 is 35.2 Å². The van der Waals surface area contributed by atoms with Gasteiger partial charge in [-0.05, 0) is 17.3 Å². The molecule has 2 aromatic heterocycles. The molecule has 1 fully saturated rings. The number of carbonyl (C=O) groups is 3. The molecule has 188 valence electrons. The maximum absolute atomic E-state index is 13.0. The van der Waals surface area contributed by atoms with Crippen LogP contribution in [0.1, 0.15) is 11.7 Å². The molecule has 13 nitrogen and oxygen atoms in total. The fourth-order valence-electron chi connectivity index (χ4n) is 3.51. The zero-order valence-corrected chi connectivity index (χ0v) is 20.9. The summed E-state index contributed by atoms with van der Waals surface area (Å²) in [6.45, 7) is 0.440. The SMILES string of the molecule is NCCSc1nccnc1SC1=C(C(=O)O)N2C(=O)C(NC(=O)C(N=O)c3cccc(N)n3)C2SC1. The molecule has 36 heavy (non-hydrogen) atoms. The number of carboxylic acid groups (broad SMARTS) is 1. The van der Waals surface area contributed by atoms with Gasteiger partial charge in [-0.25, -0.2) is 19.7 Å². The molecule has 4 rings (SSSR count). The minimum atomic E-state index is -1.51. The summed E-state index contributed by atoms with van der Waals surface area (Å²) in [5.74, 6) is -1.74. The molecule has 0 aromatic carbocycles. The van der Waals surface area contributed by atoms with Gasteiger partial charge in [-0.1, -0.05) is 17.8 Å². The molecule has 0 bridgehead atoms. The number of aromatic nitrogens is 3. The summed E-state index contributed by atoms with van der Waals surface area (Å²) in [7, 11) is 0. The molecule has 0 aliphatic carbocycles. The summed E-state index contributed by atoms with van der Waals surface area (Å²) >= 11 is 3.81. The van der Waals surface area contributed by atoms with E-state index >= 15 is 0 Å². The second kappa shape index (κ2) is 11.2. The van der Waals surface area contributed by atoms with Gasteiger partial charge in [-0.2, -0.15) is 0 Å². The Morgan fingerprint density at radius 2 is 2.06 bits per heavy atom. The van der Waals surface area contributed by atoms with Crippen molar-refractivity contribution < 1.29 is 19.5 Å². The first-order valence-corrected chi connectivity index (χ1v) is 13.3. The van der Waals surface area contributed by atoms with Crippen LogP contribution in [0, 0.1) is 4.91 Å². The van der Waals surface area contributed by atoms with Crippen molar-refractivity contribution in [3.8, 4) is 0 Å². The first-order valence-electron chi connectivity index (χ1n) is 10.4. The minimum Gasteiger partial charge on any atom is -0.477 e. The van der Waals surface area contributed by atoms with Crippen molar-refractivity contribution in [2.45, 2.75) is 27.5 Å². The molecule has 6 N–H and O–H groups in total. The second-order valence-electron chi connectivity index (χ2n) is 7.37. The summed E-state index contributed by atoms with van der Waals surface area (Å²) in [4.78, 5) is 63.3. The monoisotopic (exact) mass is 548 g/mol. The molecule has 0 radical (unpaired) electrons. The summed E-state index contributed by atoms with van der Waals surface area (Å²) in [5, 5.41) is 15.7. The molecule has 3 unspecified atom stereocenters. The summed E-state index contributed by atoms with van der Waals surface area (Å²) in [5.41, 5.74) is 11.0. The number of pyridine rings is 1. The highest BCUT2D eigenvalue weighted by atomic mass is 32.2. The van der Waals surface area contributed by atoms with Crippen LogP contribution in [0.25, 0.3) is 0 Å². The molecule has 0 spiro atoms. The predicted octanol–water partition coefficient (Wildman–Crippen LogP) is 0.801. The van der Waals surface area contributed by atoms with Gasteiger partial charge in [-0.3, -0.25) is 14.5 Å². The largest absolute Gasteiger partial charge is 0.477 e. The fraction of sp³-hybridized carbons (Fsp3) is 0.300. The summed E-state index contributed by atoms with van der Waals surface area (Å²) < 4.78 is 0. The molecular weight excluding hydrogens is 528 g/mol. The highest BCUT2D eigenvalue weighted by Gasteiger charge is 2.55. The Balaban J connectivity index is 1.52. The van der Waals surface area contributed by atoms with Gasteiger partial charge < -0.3 is 21.9 Å². The zero-order valence-electron chi connectivity index (χ0n) is 18.4. The van der Waals surface area contributed by atoms with Gasteiger partial charge in [0.25, 0.3) is 11.8 Å². The standard InChI is InChI=1S/C20H20N8O5S3/c21-4-7-34-16-17(24-6-5-23-16)36-10-8-35-19-13(18(30)28(19)14(10)20(31)32)26-15(29)12(27-33)9-2-1-3-11(22)25-9/h1-3,5-6,12-13,19H,4,7-8,21H2,(H2,22,25)(H,26,29)(H,31,32). The van der Waals surface area contributed by atoms with Crippen molar-refractivity contribution in [2.24, 2.45) is 10.9 Å². The first kappa shape index (κ1) is 25.9. The van der Waals surface area contributed by atoms with E-state index in [2.05, 4.69) is 25.4 Å². The van der Waals surface area contributed by atoms with Gasteiger partial charge in [-0.15, -0.1) is 28.4 Å². The van der Waals surface area contributed by atoms with Crippen molar-refractivity contribution in [3.05, 3.63) is 51.8 Å². The molecule has 16 heteroatoms. The van der Waals surface area contributed by atoms with E-state index in [0.717, 1.165) is 16.7 Å². The second-order valence-corrected chi connectivity index (χ2v) is 10.6. The van der Waals surface area contributed by atoms with Crippen LogP contribution < -0.4 is 16.8 Å². The number of anilines is 1. The topological polar surface area (TPSA) is 207 Å². The Morgan fingerprint density at radius 1 is 1.31 bits per heavy atom. The third-order valence-electron chi connectivity index (χ3n) is 5.07. The Bertz CT molecular complexity index is 1250. The van der Waals surface area contributed by atoms with Crippen LogP contribution in [0.4, 0.5) is 5.82 Å². The van der Waals surface area contributed by atoms with Crippen molar-refractivity contribution >= 4 is 58.9 Å². The van der Waals surface area contributed by atoms with Gasteiger partial charge in [0, 0.05) is 35.3 Å². The number of nitrogen functional groups attached to an aromatic ring is 1. The number of fused-ring (bicyclic) bond motifs is 1. The molecule has 0 saturated carbocycles. The minimum absolute atomic E-state index is 0.0412. The number of nitrogens with one attached hydrogen (secondary N) is 1. The van der Waals surface area contributed by atoms with Crippen molar-refractivity contribution in [1.82, 2.24) is 25.2 Å². The number of carbonyl (C=O) groups excluding carboxylic acids is 2. The van der Waals surface area contributed by atoms with Crippen LogP contribution in [0.3, 0.4) is 0 Å². The molecule has 1 saturated heterocycles. The van der Waals surface area contributed by atoms with Gasteiger partial charge in [0.1, 0.15) is 33.0 Å². The normalized spacial score (nSPS) is 19.8. The molecule has 2 aliphatic heterocycles. The highest BCUT2D eigenvalue weighted by molar-refractivity contribution is 8.07. The number of aliphatic carboxylic acids is 1. The van der Waals surface area contributed by atoms with Gasteiger partial charge in [0.05, 0.1) is 5.69 Å². The highest BCUT2D eigenvalue weighted by Crippen LogP contribution is 2.46. The lowest BCUT2D eigenvalue weighted by molar-refractivity contribution is -0.150. The number of nitroso groups, excluding NO2 is 1. The summed E-state index contributed by atoms with van der Waals surface area (Å²) in [6.07, 6.45) is 3.04. The lowest BCUT2D eigenvalue weighted by Crippen LogP contribution is -2.70. The Morgan fingerprint density at radius 3 is 2.72 bits per heavy atom. The number of β-lactam (4-membered cyclic amide) rings is 1. The quantitative estimate of drug-likeness (QED) is 0.184. The molecule has 2 aromatic rings. The maximum Gasteiger partial charge on any atom is 0.353 e. The van der Waals surface area contributed by atoms with Crippen LogP contribution in [-0.4, -0.2) is 72.2 Å². The van der Waals surface area contributed by atoms with E-state index in [9.17, 15) is 24.4 Å².